The van der Waals surface area contributed by atoms with Gasteiger partial charge in [-0.15, -0.1) is 0 Å². The lowest BCUT2D eigenvalue weighted by atomic mass is 10.1. The summed E-state index contributed by atoms with van der Waals surface area (Å²) in [6, 6.07) is 7.95. The van der Waals surface area contributed by atoms with E-state index in [1.807, 2.05) is 18.0 Å². The van der Waals surface area contributed by atoms with Crippen molar-refractivity contribution in [2.75, 3.05) is 25.6 Å². The van der Waals surface area contributed by atoms with Gasteiger partial charge < -0.3 is 14.4 Å². The molecule has 7 heteroatoms. The van der Waals surface area contributed by atoms with E-state index in [0.717, 1.165) is 13.0 Å². The molecule has 6 nitrogen and oxygen atoms in total. The molecular formula is C20H21FN4O2. The maximum absolute atomic E-state index is 13.5. The van der Waals surface area contributed by atoms with Crippen LogP contribution >= 0.6 is 0 Å². The molecule has 2 heterocycles. The van der Waals surface area contributed by atoms with E-state index in [-0.39, 0.29) is 5.82 Å². The SMILES string of the molecule is CCCN(C)c1ncc(Oc2ncccc2-c2ccc(F)cc2OC)cn1. The molecule has 0 saturated heterocycles. The van der Waals surface area contributed by atoms with Crippen molar-refractivity contribution in [1.82, 2.24) is 15.0 Å². The maximum Gasteiger partial charge on any atom is 0.227 e. The first-order valence-electron chi connectivity index (χ1n) is 8.62. The van der Waals surface area contributed by atoms with Gasteiger partial charge in [-0.05, 0) is 30.7 Å². The van der Waals surface area contributed by atoms with Gasteiger partial charge in [0.05, 0.1) is 19.5 Å². The molecule has 0 saturated carbocycles. The number of ether oxygens (including phenoxy) is 2. The zero-order valence-electron chi connectivity index (χ0n) is 15.5. The van der Waals surface area contributed by atoms with Crippen LogP contribution in [0.25, 0.3) is 11.1 Å². The van der Waals surface area contributed by atoms with Crippen molar-refractivity contribution >= 4 is 5.95 Å². The average molecular weight is 368 g/mol. The van der Waals surface area contributed by atoms with E-state index >= 15 is 0 Å². The third kappa shape index (κ3) is 4.31. The van der Waals surface area contributed by atoms with Crippen LogP contribution < -0.4 is 14.4 Å². The first kappa shape index (κ1) is 18.6. The van der Waals surface area contributed by atoms with Crippen LogP contribution in [0.5, 0.6) is 17.4 Å². The lowest BCUT2D eigenvalue weighted by molar-refractivity contribution is 0.412. The second-order valence-corrected chi connectivity index (χ2v) is 5.94. The summed E-state index contributed by atoms with van der Waals surface area (Å²) in [5.74, 6) is 1.48. The Kier molecular flexibility index (Phi) is 5.80. The number of methoxy groups -OCH3 is 1. The van der Waals surface area contributed by atoms with Crippen LogP contribution in [0, 0.1) is 5.82 Å². The van der Waals surface area contributed by atoms with Crippen molar-refractivity contribution in [1.29, 1.82) is 0 Å². The van der Waals surface area contributed by atoms with E-state index < -0.39 is 0 Å². The summed E-state index contributed by atoms with van der Waals surface area (Å²) in [6.45, 7) is 2.97. The summed E-state index contributed by atoms with van der Waals surface area (Å²) in [5, 5.41) is 0. The van der Waals surface area contributed by atoms with Gasteiger partial charge in [0.15, 0.2) is 5.75 Å². The van der Waals surface area contributed by atoms with Crippen LogP contribution in [0.2, 0.25) is 0 Å². The highest BCUT2D eigenvalue weighted by molar-refractivity contribution is 5.74. The standard InChI is InChI=1S/C20H21FN4O2/c1-4-10-25(2)20-23-12-15(13-24-20)27-19-17(6-5-9-22-19)16-8-7-14(21)11-18(16)26-3/h5-9,11-13H,4,10H2,1-3H3. The minimum atomic E-state index is -0.373. The molecule has 0 aliphatic heterocycles. The van der Waals surface area contributed by atoms with Gasteiger partial charge in [-0.2, -0.15) is 0 Å². The third-order valence-electron chi connectivity index (χ3n) is 3.95. The molecule has 0 N–H and O–H groups in total. The Morgan fingerprint density at radius 3 is 2.56 bits per heavy atom. The molecule has 0 spiro atoms. The number of anilines is 1. The maximum atomic E-state index is 13.5. The number of pyridine rings is 1. The van der Waals surface area contributed by atoms with Gasteiger partial charge in [-0.3, -0.25) is 0 Å². The van der Waals surface area contributed by atoms with Gasteiger partial charge in [0, 0.05) is 37.0 Å². The number of hydrogen-bond donors (Lipinski definition) is 0. The second-order valence-electron chi connectivity index (χ2n) is 5.94. The van der Waals surface area contributed by atoms with Crippen molar-refractivity contribution in [2.45, 2.75) is 13.3 Å². The number of nitrogens with zero attached hydrogens (tertiary/aromatic N) is 4. The molecule has 0 atom stereocenters. The Labute approximate surface area is 157 Å². The van der Waals surface area contributed by atoms with Crippen LogP contribution in [0.4, 0.5) is 10.3 Å². The Hall–Kier alpha value is -3.22. The second kappa shape index (κ2) is 8.44. The molecule has 0 bridgehead atoms. The summed E-state index contributed by atoms with van der Waals surface area (Å²) in [6.07, 6.45) is 5.84. The molecule has 27 heavy (non-hydrogen) atoms. The van der Waals surface area contributed by atoms with Crippen molar-refractivity contribution in [3.63, 3.8) is 0 Å². The van der Waals surface area contributed by atoms with Crippen LogP contribution in [-0.2, 0) is 0 Å². The summed E-state index contributed by atoms with van der Waals surface area (Å²) >= 11 is 0. The quantitative estimate of drug-likeness (QED) is 0.619. The zero-order chi connectivity index (χ0) is 19.2. The molecule has 0 unspecified atom stereocenters. The van der Waals surface area contributed by atoms with Crippen LogP contribution in [0.15, 0.2) is 48.9 Å². The van der Waals surface area contributed by atoms with Gasteiger partial charge in [-0.25, -0.2) is 19.3 Å². The van der Waals surface area contributed by atoms with Gasteiger partial charge in [-0.1, -0.05) is 6.92 Å². The van der Waals surface area contributed by atoms with Crippen LogP contribution in [-0.4, -0.2) is 35.7 Å². The predicted molar refractivity (Wildman–Crippen MR) is 102 cm³/mol. The van der Waals surface area contributed by atoms with Crippen LogP contribution in [0.3, 0.4) is 0 Å². The Bertz CT molecular complexity index is 903. The lowest BCUT2D eigenvalue weighted by Gasteiger charge is -2.16. The molecule has 3 rings (SSSR count). The molecule has 2 aromatic heterocycles. The predicted octanol–water partition coefficient (Wildman–Crippen LogP) is 4.32. The summed E-state index contributed by atoms with van der Waals surface area (Å²) in [7, 11) is 3.44. The average Bonchev–Trinajstić information content (AvgIpc) is 2.69. The fourth-order valence-corrected chi connectivity index (χ4v) is 2.67. The molecular weight excluding hydrogens is 347 g/mol. The number of hydrogen-bond acceptors (Lipinski definition) is 6. The van der Waals surface area contributed by atoms with E-state index in [9.17, 15) is 4.39 Å². The highest BCUT2D eigenvalue weighted by Gasteiger charge is 2.14. The molecule has 0 amide bonds. The highest BCUT2D eigenvalue weighted by Crippen LogP contribution is 2.37. The van der Waals surface area contributed by atoms with Gasteiger partial charge in [0.25, 0.3) is 0 Å². The fraction of sp³-hybridized carbons (Fsp3) is 0.250. The first-order valence-corrected chi connectivity index (χ1v) is 8.62. The molecule has 0 aliphatic rings. The number of benzene rings is 1. The summed E-state index contributed by atoms with van der Waals surface area (Å²) in [5.41, 5.74) is 1.36. The molecule has 0 aliphatic carbocycles. The third-order valence-corrected chi connectivity index (χ3v) is 3.95. The smallest absolute Gasteiger partial charge is 0.227 e. The minimum Gasteiger partial charge on any atom is -0.496 e. The topological polar surface area (TPSA) is 60.4 Å². The lowest BCUT2D eigenvalue weighted by Crippen LogP contribution is -2.20. The van der Waals surface area contributed by atoms with E-state index in [2.05, 4.69) is 21.9 Å². The minimum absolute atomic E-state index is 0.362. The van der Waals surface area contributed by atoms with E-state index in [1.165, 1.54) is 19.2 Å². The summed E-state index contributed by atoms with van der Waals surface area (Å²) < 4.78 is 24.7. The van der Waals surface area contributed by atoms with Gasteiger partial charge in [0.2, 0.25) is 11.8 Å². The molecule has 0 radical (unpaired) electrons. The zero-order valence-corrected chi connectivity index (χ0v) is 15.5. The monoisotopic (exact) mass is 368 g/mol. The van der Waals surface area contributed by atoms with Crippen LogP contribution in [0.1, 0.15) is 13.3 Å². The van der Waals surface area contributed by atoms with Crippen molar-refractivity contribution in [3.8, 4) is 28.5 Å². The Morgan fingerprint density at radius 2 is 1.85 bits per heavy atom. The van der Waals surface area contributed by atoms with Crippen molar-refractivity contribution < 1.29 is 13.9 Å². The molecule has 0 fully saturated rings. The molecule has 1 aromatic carbocycles. The largest absolute Gasteiger partial charge is 0.496 e. The highest BCUT2D eigenvalue weighted by atomic mass is 19.1. The Morgan fingerprint density at radius 1 is 1.07 bits per heavy atom. The van der Waals surface area contributed by atoms with E-state index in [1.54, 1.807) is 30.7 Å². The molecule has 3 aromatic rings. The van der Waals surface area contributed by atoms with Gasteiger partial charge >= 0.3 is 0 Å². The van der Waals surface area contributed by atoms with Crippen molar-refractivity contribution in [2.24, 2.45) is 0 Å². The van der Waals surface area contributed by atoms with E-state index in [0.29, 0.717) is 34.5 Å². The number of rotatable bonds is 7. The fourth-order valence-electron chi connectivity index (χ4n) is 2.67. The first-order chi connectivity index (χ1) is 13.1. The normalized spacial score (nSPS) is 10.5. The van der Waals surface area contributed by atoms with E-state index in [4.69, 9.17) is 9.47 Å². The van der Waals surface area contributed by atoms with Crippen molar-refractivity contribution in [3.05, 3.63) is 54.7 Å². The molecule has 140 valence electrons. The number of halogens is 1. The number of aromatic nitrogens is 3. The Balaban J connectivity index is 1.89. The van der Waals surface area contributed by atoms with Gasteiger partial charge in [0.1, 0.15) is 11.6 Å². The summed E-state index contributed by atoms with van der Waals surface area (Å²) in [4.78, 5) is 14.9.